The Morgan fingerprint density at radius 2 is 1.79 bits per heavy atom. The fourth-order valence-corrected chi connectivity index (χ4v) is 4.58. The fourth-order valence-electron chi connectivity index (χ4n) is 4.58. The minimum absolute atomic E-state index is 0.00274. The molecule has 4 rings (SSSR count). The number of likely N-dealkylation sites (tertiary alicyclic amines) is 1. The van der Waals surface area contributed by atoms with Crippen molar-refractivity contribution in [2.45, 2.75) is 45.7 Å². The minimum atomic E-state index is -0.417. The van der Waals surface area contributed by atoms with Gasteiger partial charge in [-0.2, -0.15) is 5.10 Å². The van der Waals surface area contributed by atoms with Gasteiger partial charge in [0.05, 0.1) is 5.41 Å². The SMILES string of the molecule is CC(C)N1Cc2ccccc2CC2(CCN(C(=O)c3ccnn3C)CC2)C1=O. The average Bonchev–Trinajstić information content (AvgIpc) is 3.07. The second kappa shape index (κ2) is 7.08. The molecule has 3 heterocycles. The van der Waals surface area contributed by atoms with E-state index in [0.29, 0.717) is 38.2 Å². The number of aromatic nitrogens is 2. The van der Waals surface area contributed by atoms with Crippen molar-refractivity contribution in [3.63, 3.8) is 0 Å². The molecule has 0 saturated carbocycles. The first-order chi connectivity index (χ1) is 13.4. The zero-order valence-electron chi connectivity index (χ0n) is 16.9. The van der Waals surface area contributed by atoms with Gasteiger partial charge in [0.15, 0.2) is 0 Å². The van der Waals surface area contributed by atoms with Crippen molar-refractivity contribution >= 4 is 11.8 Å². The second-order valence-electron chi connectivity index (χ2n) is 8.38. The summed E-state index contributed by atoms with van der Waals surface area (Å²) >= 11 is 0. The molecule has 2 amide bonds. The lowest BCUT2D eigenvalue weighted by Gasteiger charge is -2.42. The van der Waals surface area contributed by atoms with Gasteiger partial charge in [-0.15, -0.1) is 0 Å². The Labute approximate surface area is 166 Å². The highest BCUT2D eigenvalue weighted by molar-refractivity contribution is 5.93. The number of hydrogen-bond acceptors (Lipinski definition) is 3. The first kappa shape index (κ1) is 18.7. The molecule has 0 bridgehead atoms. The van der Waals surface area contributed by atoms with Gasteiger partial charge in [0.2, 0.25) is 5.91 Å². The van der Waals surface area contributed by atoms with E-state index in [-0.39, 0.29) is 17.9 Å². The van der Waals surface area contributed by atoms with Crippen LogP contribution < -0.4 is 0 Å². The summed E-state index contributed by atoms with van der Waals surface area (Å²) in [5.74, 6) is 0.239. The monoisotopic (exact) mass is 380 g/mol. The summed E-state index contributed by atoms with van der Waals surface area (Å²) in [7, 11) is 1.78. The van der Waals surface area contributed by atoms with Crippen molar-refractivity contribution in [3.05, 3.63) is 53.3 Å². The molecule has 1 aromatic carbocycles. The molecule has 2 aliphatic heterocycles. The van der Waals surface area contributed by atoms with E-state index in [9.17, 15) is 9.59 Å². The Balaban J connectivity index is 1.60. The number of carbonyl (C=O) groups is 2. The summed E-state index contributed by atoms with van der Waals surface area (Å²) in [6.07, 6.45) is 3.81. The van der Waals surface area contributed by atoms with Crippen LogP contribution >= 0.6 is 0 Å². The number of aryl methyl sites for hydroxylation is 1. The van der Waals surface area contributed by atoms with Crippen LogP contribution in [0.25, 0.3) is 0 Å². The van der Waals surface area contributed by atoms with Gasteiger partial charge in [0, 0.05) is 38.9 Å². The predicted molar refractivity (Wildman–Crippen MR) is 107 cm³/mol. The van der Waals surface area contributed by atoms with Gasteiger partial charge in [-0.25, -0.2) is 0 Å². The molecule has 1 spiro atoms. The van der Waals surface area contributed by atoms with Crippen LogP contribution in [0.3, 0.4) is 0 Å². The maximum atomic E-state index is 13.6. The molecule has 1 fully saturated rings. The smallest absolute Gasteiger partial charge is 0.272 e. The normalized spacial score (nSPS) is 19.1. The molecular weight excluding hydrogens is 352 g/mol. The highest BCUT2D eigenvalue weighted by atomic mass is 16.2. The maximum Gasteiger partial charge on any atom is 0.272 e. The van der Waals surface area contributed by atoms with Gasteiger partial charge in [0.25, 0.3) is 5.91 Å². The molecule has 0 atom stereocenters. The largest absolute Gasteiger partial charge is 0.337 e. The highest BCUT2D eigenvalue weighted by Gasteiger charge is 2.46. The standard InChI is InChI=1S/C22H28N4O2/c1-16(2)26-15-18-7-5-4-6-17(18)14-22(21(26)28)9-12-25(13-10-22)20(27)19-8-11-23-24(19)3/h4-8,11,16H,9-10,12-15H2,1-3H3. The summed E-state index contributed by atoms with van der Waals surface area (Å²) in [5, 5.41) is 4.10. The van der Waals surface area contributed by atoms with Crippen LogP contribution in [0, 0.1) is 5.41 Å². The zero-order valence-corrected chi connectivity index (χ0v) is 16.9. The van der Waals surface area contributed by atoms with E-state index in [2.05, 4.69) is 43.2 Å². The molecule has 148 valence electrons. The van der Waals surface area contributed by atoms with E-state index in [1.807, 2.05) is 9.80 Å². The van der Waals surface area contributed by atoms with Crippen LogP contribution in [0.4, 0.5) is 0 Å². The molecule has 28 heavy (non-hydrogen) atoms. The molecule has 6 heteroatoms. The van der Waals surface area contributed by atoms with Gasteiger partial charge in [-0.3, -0.25) is 14.3 Å². The van der Waals surface area contributed by atoms with Crippen molar-refractivity contribution in [3.8, 4) is 0 Å². The van der Waals surface area contributed by atoms with Crippen LogP contribution in [-0.4, -0.2) is 50.5 Å². The molecule has 0 radical (unpaired) electrons. The topological polar surface area (TPSA) is 58.4 Å². The lowest BCUT2D eigenvalue weighted by Crippen LogP contribution is -2.52. The molecule has 1 aromatic heterocycles. The number of carbonyl (C=O) groups excluding carboxylic acids is 2. The van der Waals surface area contributed by atoms with Crippen LogP contribution in [0.2, 0.25) is 0 Å². The van der Waals surface area contributed by atoms with E-state index < -0.39 is 5.41 Å². The first-order valence-electron chi connectivity index (χ1n) is 10.1. The number of amides is 2. The molecule has 0 N–H and O–H groups in total. The number of fused-ring (bicyclic) bond motifs is 1. The lowest BCUT2D eigenvalue weighted by atomic mass is 9.72. The Kier molecular flexibility index (Phi) is 4.73. The number of rotatable bonds is 2. The highest BCUT2D eigenvalue weighted by Crippen LogP contribution is 2.41. The van der Waals surface area contributed by atoms with E-state index in [0.717, 1.165) is 6.42 Å². The van der Waals surface area contributed by atoms with Gasteiger partial charge >= 0.3 is 0 Å². The molecule has 2 aromatic rings. The average molecular weight is 380 g/mol. The Hall–Kier alpha value is -2.63. The molecular formula is C22H28N4O2. The summed E-state index contributed by atoms with van der Waals surface area (Å²) < 4.78 is 1.61. The third-order valence-corrected chi connectivity index (χ3v) is 6.37. The van der Waals surface area contributed by atoms with Crippen LogP contribution in [-0.2, 0) is 24.8 Å². The van der Waals surface area contributed by atoms with Gasteiger partial charge in [-0.05, 0) is 50.3 Å². The van der Waals surface area contributed by atoms with E-state index in [1.165, 1.54) is 11.1 Å². The summed E-state index contributed by atoms with van der Waals surface area (Å²) in [5.41, 5.74) is 2.69. The first-order valence-corrected chi connectivity index (χ1v) is 10.1. The summed E-state index contributed by atoms with van der Waals surface area (Å²) in [6.45, 7) is 6.04. The Morgan fingerprint density at radius 1 is 1.11 bits per heavy atom. The molecule has 2 aliphatic rings. The van der Waals surface area contributed by atoms with Crippen molar-refractivity contribution in [1.82, 2.24) is 19.6 Å². The third-order valence-electron chi connectivity index (χ3n) is 6.37. The lowest BCUT2D eigenvalue weighted by molar-refractivity contribution is -0.146. The Bertz CT molecular complexity index is 893. The van der Waals surface area contributed by atoms with Crippen molar-refractivity contribution < 1.29 is 9.59 Å². The number of nitrogens with zero attached hydrogens (tertiary/aromatic N) is 4. The van der Waals surface area contributed by atoms with Crippen LogP contribution in [0.15, 0.2) is 36.5 Å². The van der Waals surface area contributed by atoms with Crippen LogP contribution in [0.5, 0.6) is 0 Å². The van der Waals surface area contributed by atoms with Crippen molar-refractivity contribution in [1.29, 1.82) is 0 Å². The predicted octanol–water partition coefficient (Wildman–Crippen LogP) is 2.64. The van der Waals surface area contributed by atoms with Gasteiger partial charge in [0.1, 0.15) is 5.69 Å². The fraction of sp³-hybridized carbons (Fsp3) is 0.500. The number of hydrogen-bond donors (Lipinski definition) is 0. The van der Waals surface area contributed by atoms with Gasteiger partial charge in [-0.1, -0.05) is 24.3 Å². The second-order valence-corrected chi connectivity index (χ2v) is 8.38. The number of piperidine rings is 1. The van der Waals surface area contributed by atoms with Gasteiger partial charge < -0.3 is 9.80 Å². The molecule has 6 nitrogen and oxygen atoms in total. The Morgan fingerprint density at radius 3 is 2.39 bits per heavy atom. The number of benzene rings is 1. The minimum Gasteiger partial charge on any atom is -0.337 e. The third kappa shape index (κ3) is 3.11. The molecule has 1 saturated heterocycles. The van der Waals surface area contributed by atoms with Crippen molar-refractivity contribution in [2.75, 3.05) is 13.1 Å². The maximum absolute atomic E-state index is 13.6. The quantitative estimate of drug-likeness (QED) is 0.805. The van der Waals surface area contributed by atoms with E-state index in [4.69, 9.17) is 0 Å². The van der Waals surface area contributed by atoms with E-state index in [1.54, 1.807) is 24.0 Å². The summed E-state index contributed by atoms with van der Waals surface area (Å²) in [4.78, 5) is 30.3. The van der Waals surface area contributed by atoms with E-state index >= 15 is 0 Å². The molecule has 0 aliphatic carbocycles. The van der Waals surface area contributed by atoms with Crippen LogP contribution in [0.1, 0.15) is 48.3 Å². The summed E-state index contributed by atoms with van der Waals surface area (Å²) in [6, 6.07) is 10.3. The molecule has 0 unspecified atom stereocenters. The zero-order chi connectivity index (χ0) is 19.9. The van der Waals surface area contributed by atoms with Crippen molar-refractivity contribution in [2.24, 2.45) is 12.5 Å².